The Morgan fingerprint density at radius 3 is 2.24 bits per heavy atom. The highest BCUT2D eigenvalue weighted by Crippen LogP contribution is 2.45. The number of carbonyl (C=O) groups is 1. The van der Waals surface area contributed by atoms with Gasteiger partial charge in [-0.2, -0.15) is 0 Å². The van der Waals surface area contributed by atoms with Crippen LogP contribution in [0.4, 0.5) is 5.13 Å². The number of ether oxygens (including phenoxy) is 1. The molecule has 4 aromatic rings. The molecule has 33 heavy (non-hydrogen) atoms. The standard InChI is InChI=1S/C27H27N3O2S/c1-17-15-18(2)25-21(16-17)28-27(33-25)30(14-13-29(3)4)26(31)24-19-9-5-7-11-22(19)32-23-12-8-6-10-20(23)24/h5-12,15-16,24H,13-14H2,1-4H3. The minimum absolute atomic E-state index is 0.0217. The number of para-hydroxylation sites is 2. The molecule has 1 aromatic heterocycles. The molecule has 0 saturated heterocycles. The highest BCUT2D eigenvalue weighted by molar-refractivity contribution is 7.22. The van der Waals surface area contributed by atoms with Gasteiger partial charge in [0, 0.05) is 24.2 Å². The van der Waals surface area contributed by atoms with E-state index in [4.69, 9.17) is 9.72 Å². The zero-order valence-electron chi connectivity index (χ0n) is 19.3. The second-order valence-electron chi connectivity index (χ2n) is 8.83. The SMILES string of the molecule is Cc1cc(C)c2sc(N(CCN(C)C)C(=O)C3c4ccccc4Oc4ccccc43)nc2c1. The molecule has 0 atom stereocenters. The van der Waals surface area contributed by atoms with Gasteiger partial charge in [0.15, 0.2) is 5.13 Å². The third-order valence-corrected chi connectivity index (χ3v) is 7.23. The summed E-state index contributed by atoms with van der Waals surface area (Å²) in [6.07, 6.45) is 0. The number of likely N-dealkylation sites (N-methyl/N-ethyl adjacent to an activating group) is 1. The van der Waals surface area contributed by atoms with Crippen LogP contribution in [0.3, 0.4) is 0 Å². The number of rotatable bonds is 5. The molecule has 0 radical (unpaired) electrons. The van der Waals surface area contributed by atoms with Crippen LogP contribution in [0, 0.1) is 13.8 Å². The lowest BCUT2D eigenvalue weighted by Crippen LogP contribution is -2.40. The Kier molecular flexibility index (Phi) is 5.64. The largest absolute Gasteiger partial charge is 0.457 e. The predicted molar refractivity (Wildman–Crippen MR) is 135 cm³/mol. The van der Waals surface area contributed by atoms with Crippen LogP contribution in [0.5, 0.6) is 11.5 Å². The van der Waals surface area contributed by atoms with E-state index in [0.717, 1.165) is 44.5 Å². The van der Waals surface area contributed by atoms with Crippen LogP contribution < -0.4 is 9.64 Å². The van der Waals surface area contributed by atoms with Crippen molar-refractivity contribution in [2.24, 2.45) is 0 Å². The maximum atomic E-state index is 14.3. The highest BCUT2D eigenvalue weighted by atomic mass is 32.1. The monoisotopic (exact) mass is 457 g/mol. The van der Waals surface area contributed by atoms with Gasteiger partial charge in [-0.15, -0.1) is 0 Å². The van der Waals surface area contributed by atoms with E-state index >= 15 is 0 Å². The number of carbonyl (C=O) groups excluding carboxylic acids is 1. The molecule has 5 rings (SSSR count). The Bertz CT molecular complexity index is 1300. The molecule has 168 valence electrons. The number of aromatic nitrogens is 1. The van der Waals surface area contributed by atoms with Crippen LogP contribution in [0.2, 0.25) is 0 Å². The smallest absolute Gasteiger partial charge is 0.241 e. The number of benzene rings is 3. The Hall–Kier alpha value is -3.22. The highest BCUT2D eigenvalue weighted by Gasteiger charge is 2.36. The number of hydrogen-bond donors (Lipinski definition) is 0. The van der Waals surface area contributed by atoms with E-state index in [1.165, 1.54) is 11.1 Å². The summed E-state index contributed by atoms with van der Waals surface area (Å²) in [6.45, 7) is 5.49. The second-order valence-corrected chi connectivity index (χ2v) is 9.81. The molecule has 0 saturated carbocycles. The molecule has 2 heterocycles. The third-order valence-electron chi connectivity index (χ3n) is 6.00. The summed E-state index contributed by atoms with van der Waals surface area (Å²) < 4.78 is 7.26. The minimum atomic E-state index is -0.442. The summed E-state index contributed by atoms with van der Waals surface area (Å²) in [4.78, 5) is 23.2. The Morgan fingerprint density at radius 2 is 1.61 bits per heavy atom. The number of fused-ring (bicyclic) bond motifs is 3. The van der Waals surface area contributed by atoms with Crippen molar-refractivity contribution >= 4 is 32.6 Å². The fourth-order valence-electron chi connectivity index (χ4n) is 4.41. The fourth-order valence-corrected chi connectivity index (χ4v) is 5.46. The number of hydrogen-bond acceptors (Lipinski definition) is 5. The van der Waals surface area contributed by atoms with Gasteiger partial charge in [0.2, 0.25) is 5.91 Å². The van der Waals surface area contributed by atoms with E-state index in [1.54, 1.807) is 11.3 Å². The quantitative estimate of drug-likeness (QED) is 0.383. The van der Waals surface area contributed by atoms with Gasteiger partial charge in [-0.3, -0.25) is 9.69 Å². The van der Waals surface area contributed by atoms with Crippen LogP contribution in [0.1, 0.15) is 28.2 Å². The van der Waals surface area contributed by atoms with Crippen molar-refractivity contribution in [2.45, 2.75) is 19.8 Å². The van der Waals surface area contributed by atoms with E-state index in [1.807, 2.05) is 67.5 Å². The molecule has 0 spiro atoms. The third kappa shape index (κ3) is 4.01. The molecule has 3 aromatic carbocycles. The Morgan fingerprint density at radius 1 is 0.970 bits per heavy atom. The maximum Gasteiger partial charge on any atom is 0.241 e. The van der Waals surface area contributed by atoms with Gasteiger partial charge in [-0.1, -0.05) is 53.8 Å². The second kappa shape index (κ2) is 8.61. The summed E-state index contributed by atoms with van der Waals surface area (Å²) >= 11 is 1.59. The van der Waals surface area contributed by atoms with Gasteiger partial charge in [0.05, 0.1) is 16.1 Å². The van der Waals surface area contributed by atoms with Gasteiger partial charge in [-0.05, 0) is 57.3 Å². The van der Waals surface area contributed by atoms with Crippen molar-refractivity contribution in [1.29, 1.82) is 0 Å². The zero-order valence-corrected chi connectivity index (χ0v) is 20.1. The van der Waals surface area contributed by atoms with Crippen molar-refractivity contribution in [3.63, 3.8) is 0 Å². The maximum absolute atomic E-state index is 14.3. The number of nitrogens with zero attached hydrogens (tertiary/aromatic N) is 3. The first-order chi connectivity index (χ1) is 15.9. The first kappa shape index (κ1) is 21.6. The summed E-state index contributed by atoms with van der Waals surface area (Å²) in [5.74, 6) is 1.05. The number of amides is 1. The topological polar surface area (TPSA) is 45.7 Å². The van der Waals surface area contributed by atoms with Crippen LogP contribution in [-0.2, 0) is 4.79 Å². The lowest BCUT2D eigenvalue weighted by molar-refractivity contribution is -0.119. The van der Waals surface area contributed by atoms with Gasteiger partial charge < -0.3 is 9.64 Å². The van der Waals surface area contributed by atoms with Crippen molar-refractivity contribution in [3.05, 3.63) is 82.9 Å². The first-order valence-electron chi connectivity index (χ1n) is 11.1. The predicted octanol–water partition coefficient (Wildman–Crippen LogP) is 5.75. The van der Waals surface area contributed by atoms with Gasteiger partial charge in [0.25, 0.3) is 0 Å². The van der Waals surface area contributed by atoms with Crippen LogP contribution in [0.25, 0.3) is 10.2 Å². The lowest BCUT2D eigenvalue weighted by atomic mass is 9.87. The van der Waals surface area contributed by atoms with Crippen LogP contribution >= 0.6 is 11.3 Å². The van der Waals surface area contributed by atoms with E-state index in [9.17, 15) is 4.79 Å². The molecule has 0 unspecified atom stereocenters. The molecule has 0 bridgehead atoms. The van der Waals surface area contributed by atoms with Crippen molar-refractivity contribution < 1.29 is 9.53 Å². The minimum Gasteiger partial charge on any atom is -0.457 e. The van der Waals surface area contributed by atoms with Gasteiger partial charge >= 0.3 is 0 Å². The summed E-state index contributed by atoms with van der Waals surface area (Å²) in [5.41, 5.74) is 5.10. The Labute approximate surface area is 198 Å². The molecule has 1 amide bonds. The molecule has 1 aliphatic rings. The zero-order chi connectivity index (χ0) is 23.1. The van der Waals surface area contributed by atoms with E-state index in [0.29, 0.717) is 6.54 Å². The lowest BCUT2D eigenvalue weighted by Gasteiger charge is -2.31. The number of anilines is 1. The summed E-state index contributed by atoms with van der Waals surface area (Å²) in [6, 6.07) is 19.9. The fraction of sp³-hybridized carbons (Fsp3) is 0.259. The van der Waals surface area contributed by atoms with Crippen LogP contribution in [0.15, 0.2) is 60.7 Å². The van der Waals surface area contributed by atoms with Crippen LogP contribution in [-0.4, -0.2) is 43.0 Å². The van der Waals surface area contributed by atoms with E-state index in [-0.39, 0.29) is 5.91 Å². The van der Waals surface area contributed by atoms with E-state index < -0.39 is 5.92 Å². The average Bonchev–Trinajstić information content (AvgIpc) is 3.21. The molecule has 1 aliphatic heterocycles. The molecule has 5 nitrogen and oxygen atoms in total. The summed E-state index contributed by atoms with van der Waals surface area (Å²) in [5, 5.41) is 0.743. The Balaban J connectivity index is 1.63. The summed E-state index contributed by atoms with van der Waals surface area (Å²) in [7, 11) is 4.04. The molecule has 0 fully saturated rings. The molecule has 0 aliphatic carbocycles. The number of aryl methyl sites for hydroxylation is 2. The molecule has 6 heteroatoms. The molecule has 0 N–H and O–H groups in total. The van der Waals surface area contributed by atoms with Crippen molar-refractivity contribution in [2.75, 3.05) is 32.1 Å². The normalized spacial score (nSPS) is 13.0. The van der Waals surface area contributed by atoms with Gasteiger partial charge in [0.1, 0.15) is 11.5 Å². The average molecular weight is 458 g/mol. The van der Waals surface area contributed by atoms with Crippen molar-refractivity contribution in [3.8, 4) is 11.5 Å². The molecular formula is C27H27N3O2S. The number of thiazole rings is 1. The van der Waals surface area contributed by atoms with Gasteiger partial charge in [-0.25, -0.2) is 4.98 Å². The molecular weight excluding hydrogens is 430 g/mol. The first-order valence-corrected chi connectivity index (χ1v) is 11.9. The van der Waals surface area contributed by atoms with E-state index in [2.05, 4.69) is 30.9 Å². The van der Waals surface area contributed by atoms with Crippen molar-refractivity contribution in [1.82, 2.24) is 9.88 Å².